The molecule has 6 nitrogen and oxygen atoms in total. The third kappa shape index (κ3) is 2.44. The summed E-state index contributed by atoms with van der Waals surface area (Å²) in [6.07, 6.45) is 6.91. The predicted octanol–water partition coefficient (Wildman–Crippen LogP) is 1.44. The smallest absolute Gasteiger partial charge is 0.183 e. The van der Waals surface area contributed by atoms with E-state index in [1.165, 1.54) is 0 Å². The van der Waals surface area contributed by atoms with E-state index in [1.54, 1.807) is 18.6 Å². The topological polar surface area (TPSA) is 70.6 Å². The summed E-state index contributed by atoms with van der Waals surface area (Å²) in [4.78, 5) is 10.3. The molecule has 0 unspecified atom stereocenters. The molecule has 19 heavy (non-hydrogen) atoms. The van der Waals surface area contributed by atoms with Gasteiger partial charge in [0, 0.05) is 44.1 Å². The van der Waals surface area contributed by atoms with E-state index in [0.717, 1.165) is 24.1 Å². The van der Waals surface area contributed by atoms with Gasteiger partial charge in [0.05, 0.1) is 10.7 Å². The molecule has 0 saturated carbocycles. The Morgan fingerprint density at radius 3 is 2.84 bits per heavy atom. The first-order chi connectivity index (χ1) is 9.26. The van der Waals surface area contributed by atoms with Gasteiger partial charge in [0.2, 0.25) is 0 Å². The summed E-state index contributed by atoms with van der Waals surface area (Å²) < 4.78 is 2.91. The molecule has 7 heteroatoms. The fraction of sp³-hybridized carbons (Fsp3) is 0.333. The minimum absolute atomic E-state index is 0.391. The van der Waals surface area contributed by atoms with Gasteiger partial charge in [-0.05, 0) is 15.9 Å². The van der Waals surface area contributed by atoms with Crippen molar-refractivity contribution >= 4 is 21.7 Å². The number of anilines is 1. The normalized spacial score (nSPS) is 15.1. The molecule has 0 aliphatic carbocycles. The molecule has 96 valence electrons. The second-order valence-electron chi connectivity index (χ2n) is 4.49. The number of hydrogen-bond acceptors (Lipinski definition) is 5. The van der Waals surface area contributed by atoms with Gasteiger partial charge in [-0.15, -0.1) is 0 Å². The Balaban J connectivity index is 1.62. The molecule has 3 rings (SSSR count). The van der Waals surface area contributed by atoms with Crippen LogP contribution in [-0.4, -0.2) is 32.8 Å². The Morgan fingerprint density at radius 2 is 2.16 bits per heavy atom. The molecule has 0 aromatic carbocycles. The van der Waals surface area contributed by atoms with Crippen LogP contribution < -0.4 is 4.90 Å². The summed E-state index contributed by atoms with van der Waals surface area (Å²) in [5.41, 5.74) is 0.391. The van der Waals surface area contributed by atoms with Crippen molar-refractivity contribution in [3.63, 3.8) is 0 Å². The van der Waals surface area contributed by atoms with Gasteiger partial charge < -0.3 is 4.90 Å². The molecular weight excluding hydrogens is 308 g/mol. The van der Waals surface area contributed by atoms with Crippen molar-refractivity contribution in [2.24, 2.45) is 5.92 Å². The summed E-state index contributed by atoms with van der Waals surface area (Å²) >= 11 is 3.38. The Kier molecular flexibility index (Phi) is 3.17. The largest absolute Gasteiger partial charge is 0.353 e. The van der Waals surface area contributed by atoms with Crippen LogP contribution in [0.4, 0.5) is 5.82 Å². The maximum atomic E-state index is 8.99. The monoisotopic (exact) mass is 318 g/mol. The highest BCUT2D eigenvalue weighted by molar-refractivity contribution is 9.10. The molecule has 0 radical (unpaired) electrons. The van der Waals surface area contributed by atoms with Gasteiger partial charge in [0.15, 0.2) is 11.5 Å². The number of hydrogen-bond donors (Lipinski definition) is 0. The zero-order chi connectivity index (χ0) is 13.2. The molecule has 0 amide bonds. The molecule has 1 fully saturated rings. The number of nitriles is 1. The molecular formula is C12H11BrN6. The van der Waals surface area contributed by atoms with E-state index in [2.05, 4.69) is 42.0 Å². The van der Waals surface area contributed by atoms with Gasteiger partial charge in [-0.25, -0.2) is 9.97 Å². The third-order valence-corrected chi connectivity index (χ3v) is 3.50. The molecule has 1 aliphatic heterocycles. The van der Waals surface area contributed by atoms with Gasteiger partial charge in [0.1, 0.15) is 6.07 Å². The number of nitrogens with zero attached hydrogens (tertiary/aromatic N) is 6. The van der Waals surface area contributed by atoms with E-state index in [9.17, 15) is 0 Å². The highest BCUT2D eigenvalue weighted by Crippen LogP contribution is 2.25. The van der Waals surface area contributed by atoms with Crippen molar-refractivity contribution in [1.29, 1.82) is 5.26 Å². The lowest BCUT2D eigenvalue weighted by Gasteiger charge is -2.40. The van der Waals surface area contributed by atoms with E-state index in [1.807, 2.05) is 10.9 Å². The molecule has 2 aromatic rings. The van der Waals surface area contributed by atoms with E-state index in [-0.39, 0.29) is 0 Å². The Bertz CT molecular complexity index is 625. The lowest BCUT2D eigenvalue weighted by Crippen LogP contribution is -2.49. The zero-order valence-corrected chi connectivity index (χ0v) is 11.7. The molecule has 0 bridgehead atoms. The molecule has 2 aromatic heterocycles. The highest BCUT2D eigenvalue weighted by Gasteiger charge is 2.30. The first-order valence-electron chi connectivity index (χ1n) is 5.90. The van der Waals surface area contributed by atoms with Crippen LogP contribution >= 0.6 is 15.9 Å². The van der Waals surface area contributed by atoms with Gasteiger partial charge in [-0.2, -0.15) is 10.4 Å². The molecule has 1 aliphatic rings. The highest BCUT2D eigenvalue weighted by atomic mass is 79.9. The van der Waals surface area contributed by atoms with Crippen molar-refractivity contribution in [2.45, 2.75) is 6.54 Å². The maximum absolute atomic E-state index is 8.99. The van der Waals surface area contributed by atoms with Crippen LogP contribution in [0.2, 0.25) is 0 Å². The van der Waals surface area contributed by atoms with E-state index in [4.69, 9.17) is 5.26 Å². The number of rotatable bonds is 3. The SMILES string of the molecule is N#Cc1nccnc1N1CC(Cn2cc(Br)cn2)C1. The maximum Gasteiger partial charge on any atom is 0.183 e. The summed E-state index contributed by atoms with van der Waals surface area (Å²) in [6, 6.07) is 2.07. The van der Waals surface area contributed by atoms with Gasteiger partial charge >= 0.3 is 0 Å². The quantitative estimate of drug-likeness (QED) is 0.856. The van der Waals surface area contributed by atoms with Gasteiger partial charge in [0.25, 0.3) is 0 Å². The average Bonchev–Trinajstić information content (AvgIpc) is 2.79. The fourth-order valence-electron chi connectivity index (χ4n) is 2.20. The second-order valence-corrected chi connectivity index (χ2v) is 5.41. The van der Waals surface area contributed by atoms with Crippen LogP contribution in [0, 0.1) is 17.2 Å². The van der Waals surface area contributed by atoms with Crippen molar-refractivity contribution < 1.29 is 0 Å². The number of aromatic nitrogens is 4. The minimum Gasteiger partial charge on any atom is -0.353 e. The predicted molar refractivity (Wildman–Crippen MR) is 72.4 cm³/mol. The zero-order valence-electron chi connectivity index (χ0n) is 10.1. The fourth-order valence-corrected chi connectivity index (χ4v) is 2.53. The Hall–Kier alpha value is -1.94. The average molecular weight is 319 g/mol. The van der Waals surface area contributed by atoms with Crippen molar-refractivity contribution in [3.8, 4) is 6.07 Å². The molecule has 1 saturated heterocycles. The first kappa shape index (κ1) is 12.1. The number of halogens is 1. The van der Waals surface area contributed by atoms with Crippen molar-refractivity contribution in [1.82, 2.24) is 19.7 Å². The van der Waals surface area contributed by atoms with Crippen LogP contribution in [0.1, 0.15) is 5.69 Å². The Morgan fingerprint density at radius 1 is 1.37 bits per heavy atom. The van der Waals surface area contributed by atoms with Crippen LogP contribution in [0.3, 0.4) is 0 Å². The first-order valence-corrected chi connectivity index (χ1v) is 6.69. The van der Waals surface area contributed by atoms with Crippen LogP contribution in [0.25, 0.3) is 0 Å². The van der Waals surface area contributed by atoms with Crippen LogP contribution in [0.15, 0.2) is 29.3 Å². The van der Waals surface area contributed by atoms with E-state index < -0.39 is 0 Å². The molecule has 0 atom stereocenters. The van der Waals surface area contributed by atoms with Gasteiger partial charge in [-0.1, -0.05) is 0 Å². The third-order valence-electron chi connectivity index (χ3n) is 3.09. The summed E-state index contributed by atoms with van der Waals surface area (Å²) in [7, 11) is 0. The molecule has 3 heterocycles. The second kappa shape index (κ2) is 4.97. The van der Waals surface area contributed by atoms with Crippen LogP contribution in [0.5, 0.6) is 0 Å². The molecule has 0 spiro atoms. The minimum atomic E-state index is 0.391. The van der Waals surface area contributed by atoms with E-state index >= 15 is 0 Å². The lowest BCUT2D eigenvalue weighted by molar-refractivity contribution is 0.340. The summed E-state index contributed by atoms with van der Waals surface area (Å²) in [6.45, 7) is 2.64. The van der Waals surface area contributed by atoms with Crippen LogP contribution in [-0.2, 0) is 6.54 Å². The summed E-state index contributed by atoms with van der Waals surface area (Å²) in [5.74, 6) is 1.21. The standard InChI is InChI=1S/C12H11BrN6/c13-10-4-17-19(8-10)7-9-5-18(6-9)12-11(3-14)15-1-2-16-12/h1-2,4,8-9H,5-7H2. The van der Waals surface area contributed by atoms with Crippen molar-refractivity contribution in [2.75, 3.05) is 18.0 Å². The Labute approximate surface area is 118 Å². The summed E-state index contributed by atoms with van der Waals surface area (Å²) in [5, 5.41) is 13.2. The van der Waals surface area contributed by atoms with E-state index in [0.29, 0.717) is 17.4 Å². The molecule has 0 N–H and O–H groups in total. The van der Waals surface area contributed by atoms with Gasteiger partial charge in [-0.3, -0.25) is 4.68 Å². The van der Waals surface area contributed by atoms with Crippen molar-refractivity contribution in [3.05, 3.63) is 35.0 Å². The lowest BCUT2D eigenvalue weighted by atomic mass is 10.00.